The van der Waals surface area contributed by atoms with Gasteiger partial charge in [-0.2, -0.15) is 4.99 Å². The van der Waals surface area contributed by atoms with Crippen LogP contribution in [0.4, 0.5) is 4.79 Å². The van der Waals surface area contributed by atoms with Crippen molar-refractivity contribution in [2.75, 3.05) is 0 Å². The second-order valence-corrected chi connectivity index (χ2v) is 4.07. The van der Waals surface area contributed by atoms with E-state index in [0.29, 0.717) is 17.7 Å². The molecule has 0 bridgehead atoms. The highest BCUT2D eigenvalue weighted by Crippen LogP contribution is 2.48. The molecule has 3 N–H and O–H groups in total. The number of amides is 2. The minimum Gasteiger partial charge on any atom is -0.385 e. The smallest absolute Gasteiger partial charge is 0.343 e. The van der Waals surface area contributed by atoms with Gasteiger partial charge in [0.2, 0.25) is 0 Å². The Bertz CT molecular complexity index is 287. The van der Waals surface area contributed by atoms with E-state index >= 15 is 0 Å². The molecule has 1 heterocycles. The van der Waals surface area contributed by atoms with Crippen molar-refractivity contribution < 1.29 is 4.79 Å². The molecule has 3 atom stereocenters. The molecule has 0 spiro atoms. The summed E-state index contributed by atoms with van der Waals surface area (Å²) in [6.45, 7) is 4.22. The summed E-state index contributed by atoms with van der Waals surface area (Å²) in [6, 6.07) is -0.279. The lowest BCUT2D eigenvalue weighted by molar-refractivity contribution is 0.242. The summed E-state index contributed by atoms with van der Waals surface area (Å²) in [7, 11) is 0. The Labute approximate surface area is 77.6 Å². The number of nitrogens with one attached hydrogen (secondary N) is 1. The van der Waals surface area contributed by atoms with E-state index in [2.05, 4.69) is 17.2 Å². The molecule has 0 radical (unpaired) electrons. The molecule has 2 amide bonds. The number of hydrogen-bond acceptors (Lipinski definition) is 2. The molecule has 0 aromatic rings. The quantitative estimate of drug-likeness (QED) is 0.663. The standard InChI is InChI=1S/C9H15N3O/c1-3-9(6-4-5(6)2)7(10)11-8(13)12-9/h5-6H,3-4H2,1-2H3,(H3,10,11,12,13). The number of amidine groups is 1. The van der Waals surface area contributed by atoms with Gasteiger partial charge in [-0.1, -0.05) is 13.8 Å². The van der Waals surface area contributed by atoms with Crippen molar-refractivity contribution in [2.45, 2.75) is 32.2 Å². The summed E-state index contributed by atoms with van der Waals surface area (Å²) >= 11 is 0. The van der Waals surface area contributed by atoms with Crippen LogP contribution in [0.3, 0.4) is 0 Å². The van der Waals surface area contributed by atoms with Gasteiger partial charge in [0, 0.05) is 0 Å². The van der Waals surface area contributed by atoms with Crippen LogP contribution < -0.4 is 11.1 Å². The minimum atomic E-state index is -0.323. The van der Waals surface area contributed by atoms with Crippen molar-refractivity contribution >= 4 is 11.9 Å². The predicted octanol–water partition coefficient (Wildman–Crippen LogP) is 0.872. The number of carbonyl (C=O) groups excluding carboxylic acids is 1. The van der Waals surface area contributed by atoms with Gasteiger partial charge < -0.3 is 11.1 Å². The average molecular weight is 181 g/mol. The maximum Gasteiger partial charge on any atom is 0.343 e. The average Bonchev–Trinajstić information content (AvgIpc) is 2.71. The molecule has 72 valence electrons. The fraction of sp³-hybridized carbons (Fsp3) is 0.778. The Morgan fingerprint density at radius 3 is 2.69 bits per heavy atom. The molecule has 13 heavy (non-hydrogen) atoms. The van der Waals surface area contributed by atoms with Crippen LogP contribution in [0.25, 0.3) is 0 Å². The van der Waals surface area contributed by atoms with Gasteiger partial charge in [0.25, 0.3) is 0 Å². The van der Waals surface area contributed by atoms with Crippen LogP contribution in [0.15, 0.2) is 4.99 Å². The summed E-state index contributed by atoms with van der Waals surface area (Å²) in [6.07, 6.45) is 1.98. The van der Waals surface area contributed by atoms with Crippen LogP contribution in [-0.4, -0.2) is 17.4 Å². The lowest BCUT2D eigenvalue weighted by atomic mass is 9.88. The third-order valence-corrected chi connectivity index (χ3v) is 3.31. The van der Waals surface area contributed by atoms with Crippen molar-refractivity contribution in [1.82, 2.24) is 5.32 Å². The molecular weight excluding hydrogens is 166 g/mol. The summed E-state index contributed by atoms with van der Waals surface area (Å²) in [5.74, 6) is 1.63. The van der Waals surface area contributed by atoms with E-state index in [-0.39, 0.29) is 11.6 Å². The molecule has 0 saturated heterocycles. The van der Waals surface area contributed by atoms with Crippen molar-refractivity contribution in [3.05, 3.63) is 0 Å². The molecule has 4 nitrogen and oxygen atoms in total. The number of urea groups is 1. The number of aliphatic imine (C=N–C) groups is 1. The highest BCUT2D eigenvalue weighted by atomic mass is 16.2. The Hall–Kier alpha value is -1.06. The van der Waals surface area contributed by atoms with E-state index in [1.54, 1.807) is 0 Å². The van der Waals surface area contributed by atoms with Crippen LogP contribution in [0.1, 0.15) is 26.7 Å². The maximum absolute atomic E-state index is 11.1. The van der Waals surface area contributed by atoms with Crippen LogP contribution in [0, 0.1) is 11.8 Å². The molecule has 0 aromatic heterocycles. The van der Waals surface area contributed by atoms with Crippen LogP contribution in [0.5, 0.6) is 0 Å². The van der Waals surface area contributed by atoms with Gasteiger partial charge in [-0.15, -0.1) is 0 Å². The lowest BCUT2D eigenvalue weighted by Crippen LogP contribution is -2.53. The number of nitrogens with two attached hydrogens (primary N) is 1. The van der Waals surface area contributed by atoms with Gasteiger partial charge in [0.1, 0.15) is 11.4 Å². The normalized spacial score (nSPS) is 42.9. The van der Waals surface area contributed by atoms with Gasteiger partial charge in [0.15, 0.2) is 0 Å². The number of rotatable bonds is 2. The second kappa shape index (κ2) is 2.47. The predicted molar refractivity (Wildman–Crippen MR) is 50.4 cm³/mol. The first kappa shape index (κ1) is 8.53. The Kier molecular flexibility index (Phi) is 1.62. The van der Waals surface area contributed by atoms with Gasteiger partial charge in [-0.05, 0) is 24.7 Å². The zero-order valence-electron chi connectivity index (χ0n) is 8.00. The third-order valence-electron chi connectivity index (χ3n) is 3.31. The molecule has 2 aliphatic rings. The van der Waals surface area contributed by atoms with Crippen LogP contribution >= 0.6 is 0 Å². The molecule has 1 saturated carbocycles. The summed E-state index contributed by atoms with van der Waals surface area (Å²) in [4.78, 5) is 14.8. The zero-order valence-corrected chi connectivity index (χ0v) is 8.00. The molecular formula is C9H15N3O. The largest absolute Gasteiger partial charge is 0.385 e. The lowest BCUT2D eigenvalue weighted by Gasteiger charge is -2.27. The van der Waals surface area contributed by atoms with E-state index in [1.165, 1.54) is 0 Å². The van der Waals surface area contributed by atoms with E-state index in [9.17, 15) is 4.79 Å². The highest BCUT2D eigenvalue weighted by Gasteiger charge is 2.55. The van der Waals surface area contributed by atoms with Gasteiger partial charge >= 0.3 is 6.03 Å². The van der Waals surface area contributed by atoms with Gasteiger partial charge in [-0.25, -0.2) is 4.79 Å². The molecule has 3 unspecified atom stereocenters. The molecule has 2 rings (SSSR count). The molecule has 1 aliphatic carbocycles. The molecule has 0 aromatic carbocycles. The molecule has 1 aliphatic heterocycles. The monoisotopic (exact) mass is 181 g/mol. The van der Waals surface area contributed by atoms with Crippen molar-refractivity contribution in [1.29, 1.82) is 0 Å². The van der Waals surface area contributed by atoms with E-state index in [4.69, 9.17) is 5.73 Å². The Morgan fingerprint density at radius 1 is 1.77 bits per heavy atom. The van der Waals surface area contributed by atoms with Crippen molar-refractivity contribution in [3.8, 4) is 0 Å². The van der Waals surface area contributed by atoms with Gasteiger partial charge in [0.05, 0.1) is 0 Å². The number of hydrogen-bond donors (Lipinski definition) is 2. The fourth-order valence-electron chi connectivity index (χ4n) is 2.32. The van der Waals surface area contributed by atoms with Gasteiger partial charge in [-0.3, -0.25) is 0 Å². The first-order valence-electron chi connectivity index (χ1n) is 4.77. The first-order chi connectivity index (χ1) is 6.10. The highest BCUT2D eigenvalue weighted by molar-refractivity contribution is 6.06. The second-order valence-electron chi connectivity index (χ2n) is 4.07. The third kappa shape index (κ3) is 1.04. The first-order valence-corrected chi connectivity index (χ1v) is 4.77. The van der Waals surface area contributed by atoms with E-state index in [1.807, 2.05) is 6.92 Å². The fourth-order valence-corrected chi connectivity index (χ4v) is 2.32. The Balaban J connectivity index is 2.27. The summed E-state index contributed by atoms with van der Waals surface area (Å²) < 4.78 is 0. The number of nitrogens with zero attached hydrogens (tertiary/aromatic N) is 1. The molecule has 4 heteroatoms. The van der Waals surface area contributed by atoms with Crippen molar-refractivity contribution in [2.24, 2.45) is 22.6 Å². The summed E-state index contributed by atoms with van der Waals surface area (Å²) in [5.41, 5.74) is 5.46. The summed E-state index contributed by atoms with van der Waals surface area (Å²) in [5, 5.41) is 2.89. The SMILES string of the molecule is CCC1(C2CC2C)NC(=O)N=C1N. The maximum atomic E-state index is 11.1. The van der Waals surface area contributed by atoms with E-state index < -0.39 is 0 Å². The van der Waals surface area contributed by atoms with Crippen molar-refractivity contribution in [3.63, 3.8) is 0 Å². The topological polar surface area (TPSA) is 67.5 Å². The van der Waals surface area contributed by atoms with Crippen LogP contribution in [-0.2, 0) is 0 Å². The number of carbonyl (C=O) groups is 1. The van der Waals surface area contributed by atoms with E-state index in [0.717, 1.165) is 12.8 Å². The Morgan fingerprint density at radius 2 is 2.38 bits per heavy atom. The minimum absolute atomic E-state index is 0.279. The molecule has 1 fully saturated rings. The van der Waals surface area contributed by atoms with Crippen LogP contribution in [0.2, 0.25) is 0 Å². The zero-order chi connectivity index (χ0) is 9.64.